The minimum absolute atomic E-state index is 0.591. The molecule has 1 heterocycles. The summed E-state index contributed by atoms with van der Waals surface area (Å²) in [5, 5.41) is 3.19. The summed E-state index contributed by atoms with van der Waals surface area (Å²) in [6, 6.07) is 19.8. The van der Waals surface area contributed by atoms with Crippen molar-refractivity contribution in [2.24, 2.45) is 0 Å². The van der Waals surface area contributed by atoms with Gasteiger partial charge in [0.1, 0.15) is 0 Å². The number of rotatable bonds is 3. The first kappa shape index (κ1) is 12.8. The fourth-order valence-corrected chi connectivity index (χ4v) is 2.28. The van der Waals surface area contributed by atoms with Crippen LogP contribution in [-0.4, -0.2) is 9.97 Å². The van der Waals surface area contributed by atoms with Gasteiger partial charge in [0, 0.05) is 21.9 Å². The molecule has 0 radical (unpaired) electrons. The summed E-state index contributed by atoms with van der Waals surface area (Å²) >= 11 is 3.47. The number of halogens is 1. The van der Waals surface area contributed by atoms with Gasteiger partial charge < -0.3 is 5.32 Å². The highest BCUT2D eigenvalue weighted by Crippen LogP contribution is 2.22. The summed E-state index contributed by atoms with van der Waals surface area (Å²) in [5.74, 6) is 0.591. The van der Waals surface area contributed by atoms with E-state index in [0.29, 0.717) is 5.95 Å². The first-order chi connectivity index (χ1) is 9.81. The quantitative estimate of drug-likeness (QED) is 0.761. The molecule has 2 aromatic carbocycles. The Morgan fingerprint density at radius 2 is 1.75 bits per heavy atom. The van der Waals surface area contributed by atoms with Crippen molar-refractivity contribution in [1.82, 2.24) is 9.97 Å². The van der Waals surface area contributed by atoms with E-state index in [1.165, 1.54) is 0 Å². The van der Waals surface area contributed by atoms with E-state index in [9.17, 15) is 0 Å². The van der Waals surface area contributed by atoms with Crippen LogP contribution in [0.1, 0.15) is 0 Å². The summed E-state index contributed by atoms with van der Waals surface area (Å²) in [7, 11) is 0. The summed E-state index contributed by atoms with van der Waals surface area (Å²) in [4.78, 5) is 8.79. The Hall–Kier alpha value is -2.20. The predicted octanol–water partition coefficient (Wildman–Crippen LogP) is 4.65. The van der Waals surface area contributed by atoms with Gasteiger partial charge in [-0.3, -0.25) is 0 Å². The van der Waals surface area contributed by atoms with Crippen molar-refractivity contribution in [3.8, 4) is 11.3 Å². The molecule has 0 unspecified atom stereocenters. The zero-order valence-electron chi connectivity index (χ0n) is 10.6. The summed E-state index contributed by atoms with van der Waals surface area (Å²) in [6.45, 7) is 0. The molecule has 0 fully saturated rings. The lowest BCUT2D eigenvalue weighted by Gasteiger charge is -2.06. The van der Waals surface area contributed by atoms with Crippen molar-refractivity contribution >= 4 is 27.6 Å². The summed E-state index contributed by atoms with van der Waals surface area (Å²) < 4.78 is 1.03. The summed E-state index contributed by atoms with van der Waals surface area (Å²) in [5.41, 5.74) is 2.91. The van der Waals surface area contributed by atoms with Gasteiger partial charge in [-0.1, -0.05) is 46.3 Å². The van der Waals surface area contributed by atoms with Crippen LogP contribution in [0.2, 0.25) is 0 Å². The van der Waals surface area contributed by atoms with Gasteiger partial charge in [-0.2, -0.15) is 0 Å². The zero-order chi connectivity index (χ0) is 13.8. The maximum absolute atomic E-state index is 4.54. The topological polar surface area (TPSA) is 37.8 Å². The van der Waals surface area contributed by atoms with Crippen LogP contribution in [0.3, 0.4) is 0 Å². The largest absolute Gasteiger partial charge is 0.324 e. The van der Waals surface area contributed by atoms with Crippen LogP contribution in [0.25, 0.3) is 11.3 Å². The van der Waals surface area contributed by atoms with Gasteiger partial charge in [0.05, 0.1) is 5.69 Å². The molecule has 1 aromatic heterocycles. The summed E-state index contributed by atoms with van der Waals surface area (Å²) in [6.07, 6.45) is 1.76. The highest BCUT2D eigenvalue weighted by Gasteiger charge is 2.03. The van der Waals surface area contributed by atoms with E-state index in [1.54, 1.807) is 6.20 Å². The molecule has 3 rings (SSSR count). The van der Waals surface area contributed by atoms with Crippen molar-refractivity contribution < 1.29 is 0 Å². The SMILES string of the molecule is Brc1cccc(-c2ccnc(Nc3ccccc3)n2)c1. The Morgan fingerprint density at radius 3 is 2.55 bits per heavy atom. The Balaban J connectivity index is 1.90. The van der Waals surface area contributed by atoms with Gasteiger partial charge in [-0.05, 0) is 30.3 Å². The zero-order valence-corrected chi connectivity index (χ0v) is 12.2. The van der Waals surface area contributed by atoms with Crippen LogP contribution in [0.5, 0.6) is 0 Å². The van der Waals surface area contributed by atoms with Gasteiger partial charge >= 0.3 is 0 Å². The first-order valence-electron chi connectivity index (χ1n) is 6.22. The highest BCUT2D eigenvalue weighted by atomic mass is 79.9. The van der Waals surface area contributed by atoms with Crippen molar-refractivity contribution in [2.45, 2.75) is 0 Å². The molecular weight excluding hydrogens is 314 g/mol. The second-order valence-electron chi connectivity index (χ2n) is 4.27. The molecule has 3 aromatic rings. The van der Waals surface area contributed by atoms with E-state index >= 15 is 0 Å². The van der Waals surface area contributed by atoms with Gasteiger partial charge in [-0.25, -0.2) is 9.97 Å². The van der Waals surface area contributed by atoms with E-state index in [0.717, 1.165) is 21.4 Å². The minimum atomic E-state index is 0.591. The molecule has 0 saturated carbocycles. The van der Waals surface area contributed by atoms with Crippen LogP contribution in [0, 0.1) is 0 Å². The molecule has 4 heteroatoms. The van der Waals surface area contributed by atoms with Crippen LogP contribution in [0.15, 0.2) is 71.3 Å². The highest BCUT2D eigenvalue weighted by molar-refractivity contribution is 9.10. The van der Waals surface area contributed by atoms with Crippen molar-refractivity contribution in [2.75, 3.05) is 5.32 Å². The molecule has 0 aliphatic rings. The number of hydrogen-bond acceptors (Lipinski definition) is 3. The Labute approximate surface area is 125 Å². The predicted molar refractivity (Wildman–Crippen MR) is 84.9 cm³/mol. The standard InChI is InChI=1S/C16H12BrN3/c17-13-6-4-5-12(11-13)15-9-10-18-16(20-15)19-14-7-2-1-3-8-14/h1-11H,(H,18,19,20). The number of aromatic nitrogens is 2. The third kappa shape index (κ3) is 3.03. The smallest absolute Gasteiger partial charge is 0.227 e. The fraction of sp³-hybridized carbons (Fsp3) is 0. The van der Waals surface area contributed by atoms with Crippen molar-refractivity contribution in [3.63, 3.8) is 0 Å². The molecule has 1 N–H and O–H groups in total. The van der Waals surface area contributed by atoms with Crippen molar-refractivity contribution in [1.29, 1.82) is 0 Å². The van der Waals surface area contributed by atoms with Gasteiger partial charge in [-0.15, -0.1) is 0 Å². The van der Waals surface area contributed by atoms with E-state index in [2.05, 4.69) is 31.2 Å². The molecule has 0 aliphatic carbocycles. The molecule has 0 amide bonds. The lowest BCUT2D eigenvalue weighted by molar-refractivity contribution is 1.17. The number of para-hydroxylation sites is 1. The van der Waals surface area contributed by atoms with Gasteiger partial charge in [0.15, 0.2) is 0 Å². The fourth-order valence-electron chi connectivity index (χ4n) is 1.88. The third-order valence-electron chi connectivity index (χ3n) is 2.81. The molecule has 3 nitrogen and oxygen atoms in total. The number of benzene rings is 2. The average molecular weight is 326 g/mol. The molecule has 0 saturated heterocycles. The maximum atomic E-state index is 4.54. The van der Waals surface area contributed by atoms with E-state index in [4.69, 9.17) is 0 Å². The second kappa shape index (κ2) is 5.84. The van der Waals surface area contributed by atoms with E-state index in [1.807, 2.05) is 60.7 Å². The van der Waals surface area contributed by atoms with Crippen LogP contribution >= 0.6 is 15.9 Å². The molecule has 0 aliphatic heterocycles. The monoisotopic (exact) mass is 325 g/mol. The van der Waals surface area contributed by atoms with Crippen LogP contribution in [-0.2, 0) is 0 Å². The number of nitrogens with zero attached hydrogens (tertiary/aromatic N) is 2. The number of nitrogens with one attached hydrogen (secondary N) is 1. The van der Waals surface area contributed by atoms with E-state index in [-0.39, 0.29) is 0 Å². The first-order valence-corrected chi connectivity index (χ1v) is 7.02. The Morgan fingerprint density at radius 1 is 0.900 bits per heavy atom. The van der Waals surface area contributed by atoms with Crippen molar-refractivity contribution in [3.05, 3.63) is 71.3 Å². The maximum Gasteiger partial charge on any atom is 0.227 e. The Bertz CT molecular complexity index is 714. The Kier molecular flexibility index (Phi) is 3.74. The van der Waals surface area contributed by atoms with E-state index < -0.39 is 0 Å². The molecule has 98 valence electrons. The normalized spacial score (nSPS) is 10.2. The molecule has 0 spiro atoms. The lowest BCUT2D eigenvalue weighted by atomic mass is 10.1. The minimum Gasteiger partial charge on any atom is -0.324 e. The third-order valence-corrected chi connectivity index (χ3v) is 3.30. The molecule has 20 heavy (non-hydrogen) atoms. The molecule has 0 atom stereocenters. The van der Waals surface area contributed by atoms with Crippen LogP contribution in [0.4, 0.5) is 11.6 Å². The lowest BCUT2D eigenvalue weighted by Crippen LogP contribution is -1.97. The molecule has 0 bridgehead atoms. The number of hydrogen-bond donors (Lipinski definition) is 1. The average Bonchev–Trinajstić information content (AvgIpc) is 2.49. The van der Waals surface area contributed by atoms with Gasteiger partial charge in [0.2, 0.25) is 5.95 Å². The van der Waals surface area contributed by atoms with Gasteiger partial charge in [0.25, 0.3) is 0 Å². The van der Waals surface area contributed by atoms with Crippen LogP contribution < -0.4 is 5.32 Å². The second-order valence-corrected chi connectivity index (χ2v) is 5.18. The molecular formula is C16H12BrN3. The number of anilines is 2.